The van der Waals surface area contributed by atoms with Crippen molar-refractivity contribution in [3.63, 3.8) is 0 Å². The number of thiocarbonyl (C=S) groups is 1. The Hall–Kier alpha value is 0.200. The Kier molecular flexibility index (Phi) is 2.92. The number of thiol groups is 1. The van der Waals surface area contributed by atoms with Crippen LogP contribution in [0.3, 0.4) is 0 Å². The van der Waals surface area contributed by atoms with Gasteiger partial charge in [-0.1, -0.05) is 0 Å². The van der Waals surface area contributed by atoms with Gasteiger partial charge in [0.25, 0.3) is 0 Å². The minimum Gasteiger partial charge on any atom is -0.501 e. The molecule has 4 heteroatoms. The molecule has 0 aliphatic rings. The highest BCUT2D eigenvalue weighted by Crippen LogP contribution is 2.17. The van der Waals surface area contributed by atoms with Crippen LogP contribution in [0.15, 0.2) is 0 Å². The van der Waals surface area contributed by atoms with Gasteiger partial charge in [-0.2, -0.15) is 12.6 Å². The molecule has 3 N–H and O–H groups in total. The van der Waals surface area contributed by atoms with Crippen LogP contribution in [-0.2, 0) is 0 Å². The molecule has 0 saturated heterocycles. The lowest BCUT2D eigenvalue weighted by Crippen LogP contribution is -2.44. The molecular formula is C5H11NOS2. The maximum atomic E-state index is 8.83. The zero-order valence-electron chi connectivity index (χ0n) is 5.46. The van der Waals surface area contributed by atoms with Crippen molar-refractivity contribution >= 4 is 29.9 Å². The first-order valence-electron chi connectivity index (χ1n) is 2.60. The van der Waals surface area contributed by atoms with Gasteiger partial charge < -0.3 is 10.8 Å². The summed E-state index contributed by atoms with van der Waals surface area (Å²) in [6, 6.07) is -0.238. The predicted octanol–water partition coefficient (Wildman–Crippen LogP) is 0.907. The van der Waals surface area contributed by atoms with Crippen molar-refractivity contribution in [2.75, 3.05) is 0 Å². The quantitative estimate of drug-likeness (QED) is 0.421. The first-order valence-corrected chi connectivity index (χ1v) is 3.46. The summed E-state index contributed by atoms with van der Waals surface area (Å²) in [5.41, 5.74) is 5.45. The van der Waals surface area contributed by atoms with E-state index < -0.39 is 4.75 Å². The van der Waals surface area contributed by atoms with E-state index in [4.69, 9.17) is 10.8 Å². The second kappa shape index (κ2) is 2.86. The number of hydrogen-bond acceptors (Lipinski definition) is 3. The van der Waals surface area contributed by atoms with Gasteiger partial charge in [-0.05, 0) is 26.1 Å². The number of aliphatic hydroxyl groups excluding tert-OH is 1. The average molecular weight is 165 g/mol. The molecule has 0 bridgehead atoms. The van der Waals surface area contributed by atoms with Gasteiger partial charge in [0.2, 0.25) is 0 Å². The summed E-state index contributed by atoms with van der Waals surface area (Å²) in [4.78, 5) is 0. The van der Waals surface area contributed by atoms with E-state index in [9.17, 15) is 0 Å². The molecule has 0 aromatic heterocycles. The number of nitrogens with two attached hydrogens (primary N) is 1. The Morgan fingerprint density at radius 2 is 2.22 bits per heavy atom. The SMILES string of the molecule is CC(N)C(C)(S)C(O)=S. The maximum absolute atomic E-state index is 8.83. The molecule has 0 rings (SSSR count). The third-order valence-electron chi connectivity index (χ3n) is 1.32. The number of aliphatic hydroxyl groups is 1. The van der Waals surface area contributed by atoms with E-state index in [0.717, 1.165) is 0 Å². The highest BCUT2D eigenvalue weighted by molar-refractivity contribution is 7.87. The van der Waals surface area contributed by atoms with Crippen molar-refractivity contribution in [3.8, 4) is 0 Å². The second-order valence-corrected chi connectivity index (χ2v) is 3.56. The van der Waals surface area contributed by atoms with Crippen LogP contribution in [0, 0.1) is 0 Å². The Morgan fingerprint density at radius 1 is 1.89 bits per heavy atom. The molecule has 0 aliphatic carbocycles. The molecule has 2 atom stereocenters. The van der Waals surface area contributed by atoms with Crippen LogP contribution in [-0.4, -0.2) is 20.9 Å². The fourth-order valence-corrected chi connectivity index (χ4v) is 0.381. The molecule has 54 valence electrons. The molecule has 0 amide bonds. The summed E-state index contributed by atoms with van der Waals surface area (Å²) >= 11 is 8.57. The first kappa shape index (κ1) is 9.20. The molecule has 0 aromatic carbocycles. The highest BCUT2D eigenvalue weighted by atomic mass is 32.1. The molecule has 2 unspecified atom stereocenters. The van der Waals surface area contributed by atoms with Crippen LogP contribution < -0.4 is 5.73 Å². The van der Waals surface area contributed by atoms with Crippen LogP contribution in [0.4, 0.5) is 0 Å². The molecule has 0 aromatic rings. The molecule has 0 radical (unpaired) electrons. The third kappa shape index (κ3) is 2.12. The fraction of sp³-hybridized carbons (Fsp3) is 0.800. The van der Waals surface area contributed by atoms with Crippen molar-refractivity contribution in [2.45, 2.75) is 24.6 Å². The first-order chi connectivity index (χ1) is 3.89. The van der Waals surface area contributed by atoms with Crippen molar-refractivity contribution in [1.29, 1.82) is 0 Å². The zero-order chi connectivity index (χ0) is 7.65. The highest BCUT2D eigenvalue weighted by Gasteiger charge is 2.28. The monoisotopic (exact) mass is 165 g/mol. The summed E-state index contributed by atoms with van der Waals surface area (Å²) in [6.07, 6.45) is 0. The second-order valence-electron chi connectivity index (χ2n) is 2.24. The van der Waals surface area contributed by atoms with Gasteiger partial charge in [-0.15, -0.1) is 0 Å². The van der Waals surface area contributed by atoms with Gasteiger partial charge in [0, 0.05) is 6.04 Å². The molecule has 9 heavy (non-hydrogen) atoms. The minimum absolute atomic E-state index is 0.152. The largest absolute Gasteiger partial charge is 0.501 e. The van der Waals surface area contributed by atoms with Crippen LogP contribution >= 0.6 is 24.8 Å². The zero-order valence-corrected chi connectivity index (χ0v) is 7.17. The van der Waals surface area contributed by atoms with E-state index in [-0.39, 0.29) is 11.1 Å². The summed E-state index contributed by atoms with van der Waals surface area (Å²) < 4.78 is -0.741. The summed E-state index contributed by atoms with van der Waals surface area (Å²) in [6.45, 7) is 3.43. The van der Waals surface area contributed by atoms with Crippen molar-refractivity contribution in [2.24, 2.45) is 5.73 Å². The van der Waals surface area contributed by atoms with Gasteiger partial charge in [0.15, 0.2) is 5.05 Å². The normalized spacial score (nSPS) is 20.4. The average Bonchev–Trinajstić information content (AvgIpc) is 1.65. The van der Waals surface area contributed by atoms with E-state index in [0.29, 0.717) is 0 Å². The molecule has 0 aliphatic heterocycles. The Balaban J connectivity index is 4.19. The van der Waals surface area contributed by atoms with Gasteiger partial charge in [-0.25, -0.2) is 0 Å². The van der Waals surface area contributed by atoms with Gasteiger partial charge in [0.1, 0.15) is 0 Å². The Bertz CT molecular complexity index is 122. The van der Waals surface area contributed by atoms with E-state index in [1.165, 1.54) is 0 Å². The summed E-state index contributed by atoms with van der Waals surface area (Å²) in [5, 5.41) is 8.67. The van der Waals surface area contributed by atoms with Gasteiger partial charge in [-0.3, -0.25) is 0 Å². The molecule has 0 saturated carbocycles. The van der Waals surface area contributed by atoms with Gasteiger partial charge in [0.05, 0.1) is 4.75 Å². The minimum atomic E-state index is -0.741. The van der Waals surface area contributed by atoms with E-state index in [2.05, 4.69) is 24.8 Å². The molecule has 2 nitrogen and oxygen atoms in total. The van der Waals surface area contributed by atoms with Crippen LogP contribution in [0.1, 0.15) is 13.8 Å². The maximum Gasteiger partial charge on any atom is 0.174 e. The number of hydrogen-bond donors (Lipinski definition) is 3. The molecule has 0 heterocycles. The smallest absolute Gasteiger partial charge is 0.174 e. The summed E-state index contributed by atoms with van der Waals surface area (Å²) in [5.74, 6) is 0. The molecule has 0 spiro atoms. The molecular weight excluding hydrogens is 154 g/mol. The lowest BCUT2D eigenvalue weighted by molar-refractivity contribution is 0.499. The van der Waals surface area contributed by atoms with Crippen LogP contribution in [0.5, 0.6) is 0 Å². The summed E-state index contributed by atoms with van der Waals surface area (Å²) in [7, 11) is 0. The van der Waals surface area contributed by atoms with Crippen molar-refractivity contribution in [3.05, 3.63) is 0 Å². The predicted molar refractivity (Wildman–Crippen MR) is 46.3 cm³/mol. The van der Waals surface area contributed by atoms with E-state index >= 15 is 0 Å². The Morgan fingerprint density at radius 3 is 2.22 bits per heavy atom. The lowest BCUT2D eigenvalue weighted by atomic mass is 10.1. The lowest BCUT2D eigenvalue weighted by Gasteiger charge is -2.24. The van der Waals surface area contributed by atoms with Crippen LogP contribution in [0.25, 0.3) is 0 Å². The van der Waals surface area contributed by atoms with E-state index in [1.54, 1.807) is 13.8 Å². The van der Waals surface area contributed by atoms with Crippen molar-refractivity contribution in [1.82, 2.24) is 0 Å². The fourth-order valence-electron chi connectivity index (χ4n) is 0.195. The topological polar surface area (TPSA) is 46.2 Å². The third-order valence-corrected chi connectivity index (χ3v) is 2.51. The van der Waals surface area contributed by atoms with Crippen molar-refractivity contribution < 1.29 is 5.11 Å². The van der Waals surface area contributed by atoms with E-state index in [1.807, 2.05) is 0 Å². The standard InChI is InChI=1S/C5H11NOS2/c1-3(6)5(2,9)4(7)8/h3,9H,6H2,1-2H3,(H,7,8). The Labute approximate surface area is 65.8 Å². The molecule has 0 fully saturated rings. The number of rotatable bonds is 2. The van der Waals surface area contributed by atoms with Crippen LogP contribution in [0.2, 0.25) is 0 Å². The van der Waals surface area contributed by atoms with Gasteiger partial charge >= 0.3 is 0 Å².